The summed E-state index contributed by atoms with van der Waals surface area (Å²) in [6.07, 6.45) is 2.03. The Morgan fingerprint density at radius 1 is 1.59 bits per heavy atom. The molecule has 0 radical (unpaired) electrons. The second-order valence-electron chi connectivity index (χ2n) is 3.71. The highest BCUT2D eigenvalue weighted by Crippen LogP contribution is 2.09. The maximum Gasteiger partial charge on any atom is 0.161 e. The van der Waals surface area contributed by atoms with Crippen LogP contribution in [0.5, 0.6) is 0 Å². The van der Waals surface area contributed by atoms with Gasteiger partial charge in [-0.2, -0.15) is 0 Å². The molecule has 6 nitrogen and oxygen atoms in total. The van der Waals surface area contributed by atoms with Crippen molar-refractivity contribution in [2.45, 2.75) is 26.4 Å². The predicted molar refractivity (Wildman–Crippen MR) is 63.5 cm³/mol. The number of aryl methyl sites for hydroxylation is 1. The van der Waals surface area contributed by atoms with Crippen molar-refractivity contribution in [3.05, 3.63) is 28.0 Å². The quantitative estimate of drug-likeness (QED) is 0.826. The van der Waals surface area contributed by atoms with Crippen molar-refractivity contribution in [2.75, 3.05) is 0 Å². The minimum absolute atomic E-state index is 0.0628. The van der Waals surface area contributed by atoms with E-state index in [0.29, 0.717) is 18.7 Å². The molecule has 0 saturated carbocycles. The van der Waals surface area contributed by atoms with Crippen LogP contribution < -0.4 is 5.73 Å². The Morgan fingerprint density at radius 3 is 3.00 bits per heavy atom. The third-order valence-electron chi connectivity index (χ3n) is 2.15. The Labute approximate surface area is 102 Å². The smallest absolute Gasteiger partial charge is 0.161 e. The van der Waals surface area contributed by atoms with Gasteiger partial charge < -0.3 is 5.73 Å². The first-order chi connectivity index (χ1) is 8.17. The van der Waals surface area contributed by atoms with Crippen LogP contribution in [0.3, 0.4) is 0 Å². The SMILES string of the molecule is Cc1csc(CC(=O)Cn2cc(CN)nn2)n1. The van der Waals surface area contributed by atoms with Gasteiger partial charge in [0.1, 0.15) is 11.6 Å². The lowest BCUT2D eigenvalue weighted by Crippen LogP contribution is -2.13. The van der Waals surface area contributed by atoms with Crippen molar-refractivity contribution in [1.82, 2.24) is 20.0 Å². The molecule has 7 heteroatoms. The topological polar surface area (TPSA) is 86.7 Å². The number of ketones is 1. The average molecular weight is 251 g/mol. The van der Waals surface area contributed by atoms with Crippen LogP contribution in [-0.4, -0.2) is 25.8 Å². The largest absolute Gasteiger partial charge is 0.325 e. The lowest BCUT2D eigenvalue weighted by molar-refractivity contribution is -0.119. The number of nitrogens with two attached hydrogens (primary N) is 1. The number of aromatic nitrogens is 4. The Hall–Kier alpha value is -1.60. The zero-order chi connectivity index (χ0) is 12.3. The zero-order valence-corrected chi connectivity index (χ0v) is 10.3. The van der Waals surface area contributed by atoms with Crippen molar-refractivity contribution in [3.63, 3.8) is 0 Å². The van der Waals surface area contributed by atoms with Crippen LogP contribution in [0.2, 0.25) is 0 Å². The average Bonchev–Trinajstić information content (AvgIpc) is 2.88. The third-order valence-corrected chi connectivity index (χ3v) is 3.12. The first-order valence-electron chi connectivity index (χ1n) is 5.19. The number of hydrogen-bond acceptors (Lipinski definition) is 6. The molecule has 2 heterocycles. The molecule has 90 valence electrons. The minimum atomic E-state index is 0.0628. The van der Waals surface area contributed by atoms with E-state index in [2.05, 4.69) is 15.3 Å². The summed E-state index contributed by atoms with van der Waals surface area (Å²) in [7, 11) is 0. The van der Waals surface area contributed by atoms with E-state index in [-0.39, 0.29) is 12.3 Å². The van der Waals surface area contributed by atoms with Gasteiger partial charge in [0, 0.05) is 17.6 Å². The first kappa shape index (κ1) is 11.9. The van der Waals surface area contributed by atoms with Gasteiger partial charge in [0.05, 0.1) is 18.3 Å². The van der Waals surface area contributed by atoms with Gasteiger partial charge in [-0.05, 0) is 6.92 Å². The molecule has 2 rings (SSSR count). The Morgan fingerprint density at radius 2 is 2.41 bits per heavy atom. The molecule has 0 atom stereocenters. The summed E-state index contributed by atoms with van der Waals surface area (Å²) in [5.74, 6) is 0.0628. The van der Waals surface area contributed by atoms with Crippen molar-refractivity contribution >= 4 is 17.1 Å². The Balaban J connectivity index is 1.93. The molecule has 0 aromatic carbocycles. The van der Waals surface area contributed by atoms with E-state index in [9.17, 15) is 4.79 Å². The maximum absolute atomic E-state index is 11.7. The van der Waals surface area contributed by atoms with Gasteiger partial charge in [0.25, 0.3) is 0 Å². The summed E-state index contributed by atoms with van der Waals surface area (Å²) in [4.78, 5) is 16.0. The summed E-state index contributed by atoms with van der Waals surface area (Å²) in [5, 5.41) is 10.4. The van der Waals surface area contributed by atoms with Crippen LogP contribution >= 0.6 is 11.3 Å². The maximum atomic E-state index is 11.7. The second-order valence-corrected chi connectivity index (χ2v) is 4.65. The fraction of sp³-hybridized carbons (Fsp3) is 0.400. The molecule has 2 aromatic heterocycles. The highest BCUT2D eigenvalue weighted by atomic mass is 32.1. The zero-order valence-electron chi connectivity index (χ0n) is 9.46. The van der Waals surface area contributed by atoms with E-state index in [1.165, 1.54) is 16.0 Å². The molecule has 0 aliphatic heterocycles. The Kier molecular flexibility index (Phi) is 3.60. The summed E-state index contributed by atoms with van der Waals surface area (Å²) in [6.45, 7) is 2.46. The molecule has 0 spiro atoms. The number of nitrogens with zero attached hydrogens (tertiary/aromatic N) is 4. The van der Waals surface area contributed by atoms with Crippen molar-refractivity contribution < 1.29 is 4.79 Å². The molecule has 0 saturated heterocycles. The van der Waals surface area contributed by atoms with E-state index in [4.69, 9.17) is 5.73 Å². The van der Waals surface area contributed by atoms with Crippen LogP contribution in [0.25, 0.3) is 0 Å². The van der Waals surface area contributed by atoms with E-state index in [1.54, 1.807) is 6.20 Å². The number of hydrogen-bond donors (Lipinski definition) is 1. The second kappa shape index (κ2) is 5.15. The molecule has 0 unspecified atom stereocenters. The lowest BCUT2D eigenvalue weighted by atomic mass is 10.3. The molecular weight excluding hydrogens is 238 g/mol. The van der Waals surface area contributed by atoms with Crippen molar-refractivity contribution in [2.24, 2.45) is 5.73 Å². The van der Waals surface area contributed by atoms with Crippen molar-refractivity contribution in [3.8, 4) is 0 Å². The summed E-state index contributed by atoms with van der Waals surface area (Å²) in [5.41, 5.74) is 7.04. The molecule has 2 aromatic rings. The standard InChI is InChI=1S/C10H13N5OS/c1-7-6-17-10(12-7)2-9(16)5-15-4-8(3-11)13-14-15/h4,6H,2-3,5,11H2,1H3. The number of Topliss-reactive ketones (excluding diaryl/α,β-unsaturated/α-hetero) is 1. The number of rotatable bonds is 5. The summed E-state index contributed by atoms with van der Waals surface area (Å²) < 4.78 is 1.50. The van der Waals surface area contributed by atoms with Gasteiger partial charge in [-0.3, -0.25) is 4.79 Å². The highest BCUT2D eigenvalue weighted by molar-refractivity contribution is 7.09. The number of carbonyl (C=O) groups excluding carboxylic acids is 1. The lowest BCUT2D eigenvalue weighted by Gasteiger charge is -1.97. The normalized spacial score (nSPS) is 10.7. The highest BCUT2D eigenvalue weighted by Gasteiger charge is 2.09. The molecule has 17 heavy (non-hydrogen) atoms. The fourth-order valence-electron chi connectivity index (χ4n) is 1.40. The van der Waals surface area contributed by atoms with Gasteiger partial charge >= 0.3 is 0 Å². The first-order valence-corrected chi connectivity index (χ1v) is 6.07. The molecule has 0 aliphatic carbocycles. The minimum Gasteiger partial charge on any atom is -0.325 e. The van der Waals surface area contributed by atoms with Crippen molar-refractivity contribution in [1.29, 1.82) is 0 Å². The summed E-state index contributed by atoms with van der Waals surface area (Å²) in [6, 6.07) is 0. The number of carbonyl (C=O) groups is 1. The van der Waals surface area contributed by atoms with Crippen LogP contribution in [0.15, 0.2) is 11.6 Å². The van der Waals surface area contributed by atoms with Crippen LogP contribution in [-0.2, 0) is 24.3 Å². The van der Waals surface area contributed by atoms with E-state index in [0.717, 1.165) is 10.7 Å². The molecule has 2 N–H and O–H groups in total. The van der Waals surface area contributed by atoms with E-state index < -0.39 is 0 Å². The van der Waals surface area contributed by atoms with Gasteiger partial charge in [-0.15, -0.1) is 16.4 Å². The Bertz CT molecular complexity index is 518. The van der Waals surface area contributed by atoms with Gasteiger partial charge in [-0.1, -0.05) is 5.21 Å². The van der Waals surface area contributed by atoms with E-state index >= 15 is 0 Å². The van der Waals surface area contributed by atoms with E-state index in [1.807, 2.05) is 12.3 Å². The van der Waals surface area contributed by atoms with Gasteiger partial charge in [-0.25, -0.2) is 9.67 Å². The molecule has 0 aliphatic rings. The van der Waals surface area contributed by atoms with Crippen LogP contribution in [0.1, 0.15) is 16.4 Å². The molecule has 0 bridgehead atoms. The third kappa shape index (κ3) is 3.18. The van der Waals surface area contributed by atoms with Crippen LogP contribution in [0.4, 0.5) is 0 Å². The van der Waals surface area contributed by atoms with Gasteiger partial charge in [0.15, 0.2) is 5.78 Å². The monoisotopic (exact) mass is 251 g/mol. The van der Waals surface area contributed by atoms with Gasteiger partial charge in [0.2, 0.25) is 0 Å². The molecular formula is C10H13N5OS. The summed E-state index contributed by atoms with van der Waals surface area (Å²) >= 11 is 1.50. The molecule has 0 fully saturated rings. The fourth-order valence-corrected chi connectivity index (χ4v) is 2.20. The predicted octanol–water partition coefficient (Wildman–Crippen LogP) is 0.314. The number of thiazole rings is 1. The molecule has 0 amide bonds. The van der Waals surface area contributed by atoms with Crippen LogP contribution in [0, 0.1) is 6.92 Å².